The van der Waals surface area contributed by atoms with Crippen LogP contribution in [0.25, 0.3) is 11.0 Å². The quantitative estimate of drug-likeness (QED) is 0.856. The molecular formula is C16H21NO. The Morgan fingerprint density at radius 1 is 1.22 bits per heavy atom. The Morgan fingerprint density at radius 3 is 2.67 bits per heavy atom. The van der Waals surface area contributed by atoms with Gasteiger partial charge in [0.1, 0.15) is 11.3 Å². The Morgan fingerprint density at radius 2 is 1.94 bits per heavy atom. The van der Waals surface area contributed by atoms with Gasteiger partial charge in [-0.25, -0.2) is 0 Å². The van der Waals surface area contributed by atoms with Gasteiger partial charge in [0.15, 0.2) is 0 Å². The standard InChI is InChI=1S/C16H21NO/c1-10-7-8-14-13(9-10)11(2)16(18-14)15(17)12-5-3-4-6-12/h7-9,12,15H,3-6,17H2,1-2H3. The Hall–Kier alpha value is -1.28. The van der Waals surface area contributed by atoms with Crippen molar-refractivity contribution in [2.75, 3.05) is 0 Å². The van der Waals surface area contributed by atoms with Crippen molar-refractivity contribution < 1.29 is 4.42 Å². The highest BCUT2D eigenvalue weighted by atomic mass is 16.3. The van der Waals surface area contributed by atoms with Gasteiger partial charge < -0.3 is 10.2 Å². The maximum absolute atomic E-state index is 6.41. The number of rotatable bonds is 2. The number of aryl methyl sites for hydroxylation is 2. The number of furan rings is 1. The smallest absolute Gasteiger partial charge is 0.134 e. The van der Waals surface area contributed by atoms with E-state index in [1.54, 1.807) is 0 Å². The lowest BCUT2D eigenvalue weighted by molar-refractivity contribution is 0.378. The van der Waals surface area contributed by atoms with Crippen LogP contribution in [0.2, 0.25) is 0 Å². The van der Waals surface area contributed by atoms with E-state index >= 15 is 0 Å². The predicted octanol–water partition coefficient (Wildman–Crippen LogP) is 4.24. The van der Waals surface area contributed by atoms with Crippen LogP contribution in [0.5, 0.6) is 0 Å². The first-order valence-electron chi connectivity index (χ1n) is 6.92. The summed E-state index contributed by atoms with van der Waals surface area (Å²) in [6, 6.07) is 6.41. The van der Waals surface area contributed by atoms with Gasteiger partial charge in [-0.15, -0.1) is 0 Å². The van der Waals surface area contributed by atoms with E-state index < -0.39 is 0 Å². The fourth-order valence-electron chi connectivity index (χ4n) is 3.20. The molecule has 2 nitrogen and oxygen atoms in total. The van der Waals surface area contributed by atoms with Crippen LogP contribution in [0.1, 0.15) is 48.6 Å². The summed E-state index contributed by atoms with van der Waals surface area (Å²) >= 11 is 0. The molecule has 0 amide bonds. The van der Waals surface area contributed by atoms with Crippen LogP contribution >= 0.6 is 0 Å². The molecule has 0 saturated heterocycles. The summed E-state index contributed by atoms with van der Waals surface area (Å²) in [5.41, 5.74) is 9.88. The molecule has 3 rings (SSSR count). The molecule has 1 heterocycles. The minimum Gasteiger partial charge on any atom is -0.459 e. The molecule has 1 aliphatic rings. The van der Waals surface area contributed by atoms with E-state index in [2.05, 4.69) is 32.0 Å². The molecule has 1 aliphatic carbocycles. The minimum atomic E-state index is 0.0696. The number of fused-ring (bicyclic) bond motifs is 1. The summed E-state index contributed by atoms with van der Waals surface area (Å²) < 4.78 is 6.00. The molecule has 0 radical (unpaired) electrons. The third-order valence-electron chi connectivity index (χ3n) is 4.34. The Bertz CT molecular complexity index is 564. The van der Waals surface area contributed by atoms with Crippen LogP contribution in [0.15, 0.2) is 22.6 Å². The van der Waals surface area contributed by atoms with E-state index in [-0.39, 0.29) is 6.04 Å². The average molecular weight is 243 g/mol. The first kappa shape index (κ1) is 11.8. The highest BCUT2D eigenvalue weighted by molar-refractivity contribution is 5.82. The Balaban J connectivity index is 2.03. The highest BCUT2D eigenvalue weighted by Crippen LogP contribution is 2.38. The number of hydrogen-bond acceptors (Lipinski definition) is 2. The van der Waals surface area contributed by atoms with E-state index in [0.717, 1.165) is 11.3 Å². The lowest BCUT2D eigenvalue weighted by Crippen LogP contribution is -2.19. The summed E-state index contributed by atoms with van der Waals surface area (Å²) in [7, 11) is 0. The molecule has 0 spiro atoms. The second kappa shape index (κ2) is 4.43. The first-order chi connectivity index (χ1) is 8.66. The van der Waals surface area contributed by atoms with Crippen molar-refractivity contribution in [2.45, 2.75) is 45.6 Å². The van der Waals surface area contributed by atoms with Gasteiger partial charge in [-0.3, -0.25) is 0 Å². The monoisotopic (exact) mass is 243 g/mol. The summed E-state index contributed by atoms with van der Waals surface area (Å²) in [5.74, 6) is 1.60. The van der Waals surface area contributed by atoms with Crippen molar-refractivity contribution in [1.82, 2.24) is 0 Å². The molecule has 1 unspecified atom stereocenters. The summed E-state index contributed by atoms with van der Waals surface area (Å²) in [6.07, 6.45) is 5.13. The number of hydrogen-bond donors (Lipinski definition) is 1. The topological polar surface area (TPSA) is 39.2 Å². The lowest BCUT2D eigenvalue weighted by atomic mass is 9.94. The van der Waals surface area contributed by atoms with Crippen LogP contribution in [0, 0.1) is 19.8 Å². The summed E-state index contributed by atoms with van der Waals surface area (Å²) in [5, 5.41) is 1.22. The van der Waals surface area contributed by atoms with Crippen molar-refractivity contribution in [3.8, 4) is 0 Å². The van der Waals surface area contributed by atoms with Crippen LogP contribution in [-0.2, 0) is 0 Å². The van der Waals surface area contributed by atoms with E-state index in [1.165, 1.54) is 42.2 Å². The SMILES string of the molecule is Cc1ccc2oc(C(N)C3CCCC3)c(C)c2c1. The minimum absolute atomic E-state index is 0.0696. The van der Waals surface area contributed by atoms with E-state index in [9.17, 15) is 0 Å². The summed E-state index contributed by atoms with van der Waals surface area (Å²) in [4.78, 5) is 0. The molecular weight excluding hydrogens is 222 g/mol. The van der Waals surface area contributed by atoms with Gasteiger partial charge in [-0.2, -0.15) is 0 Å². The molecule has 1 fully saturated rings. The van der Waals surface area contributed by atoms with Crippen LogP contribution in [0.4, 0.5) is 0 Å². The maximum Gasteiger partial charge on any atom is 0.134 e. The average Bonchev–Trinajstić information content (AvgIpc) is 2.98. The van der Waals surface area contributed by atoms with Gasteiger partial charge in [-0.1, -0.05) is 24.5 Å². The zero-order valence-corrected chi connectivity index (χ0v) is 11.2. The molecule has 1 atom stereocenters. The Labute approximate surface area is 108 Å². The van der Waals surface area contributed by atoms with Crippen LogP contribution in [-0.4, -0.2) is 0 Å². The zero-order valence-electron chi connectivity index (χ0n) is 11.2. The molecule has 18 heavy (non-hydrogen) atoms. The molecule has 2 aromatic rings. The second-order valence-corrected chi connectivity index (χ2v) is 5.66. The van der Waals surface area contributed by atoms with Crippen molar-refractivity contribution in [1.29, 1.82) is 0 Å². The fourth-order valence-corrected chi connectivity index (χ4v) is 3.20. The predicted molar refractivity (Wildman–Crippen MR) is 74.6 cm³/mol. The molecule has 0 aliphatic heterocycles. The molecule has 2 heteroatoms. The third kappa shape index (κ3) is 1.85. The molecule has 1 aromatic carbocycles. The van der Waals surface area contributed by atoms with Gasteiger partial charge >= 0.3 is 0 Å². The van der Waals surface area contributed by atoms with Crippen molar-refractivity contribution in [3.63, 3.8) is 0 Å². The van der Waals surface area contributed by atoms with Crippen LogP contribution < -0.4 is 5.73 Å². The molecule has 96 valence electrons. The first-order valence-corrected chi connectivity index (χ1v) is 6.92. The van der Waals surface area contributed by atoms with Crippen LogP contribution in [0.3, 0.4) is 0 Å². The van der Waals surface area contributed by atoms with Crippen molar-refractivity contribution in [3.05, 3.63) is 35.1 Å². The zero-order chi connectivity index (χ0) is 12.7. The largest absolute Gasteiger partial charge is 0.459 e. The van der Waals surface area contributed by atoms with E-state index in [0.29, 0.717) is 5.92 Å². The van der Waals surface area contributed by atoms with Gasteiger partial charge in [0.25, 0.3) is 0 Å². The number of benzene rings is 1. The molecule has 1 aromatic heterocycles. The fraction of sp³-hybridized carbons (Fsp3) is 0.500. The Kier molecular flexibility index (Phi) is 2.90. The lowest BCUT2D eigenvalue weighted by Gasteiger charge is -2.17. The van der Waals surface area contributed by atoms with Crippen molar-refractivity contribution in [2.24, 2.45) is 11.7 Å². The number of nitrogens with two attached hydrogens (primary N) is 1. The highest BCUT2D eigenvalue weighted by Gasteiger charge is 2.27. The van der Waals surface area contributed by atoms with Gasteiger partial charge in [-0.05, 0) is 50.3 Å². The van der Waals surface area contributed by atoms with Crippen molar-refractivity contribution >= 4 is 11.0 Å². The molecule has 1 saturated carbocycles. The summed E-state index contributed by atoms with van der Waals surface area (Å²) in [6.45, 7) is 4.25. The van der Waals surface area contributed by atoms with Gasteiger partial charge in [0.2, 0.25) is 0 Å². The van der Waals surface area contributed by atoms with E-state index in [1.807, 2.05) is 0 Å². The normalized spacial score (nSPS) is 18.6. The van der Waals surface area contributed by atoms with Gasteiger partial charge in [0.05, 0.1) is 6.04 Å². The molecule has 0 bridgehead atoms. The van der Waals surface area contributed by atoms with E-state index in [4.69, 9.17) is 10.2 Å². The maximum atomic E-state index is 6.41. The van der Waals surface area contributed by atoms with Gasteiger partial charge in [0, 0.05) is 5.39 Å². The molecule has 2 N–H and O–H groups in total. The second-order valence-electron chi connectivity index (χ2n) is 5.66. The third-order valence-corrected chi connectivity index (χ3v) is 4.34.